The highest BCUT2D eigenvalue weighted by Gasteiger charge is 2.07. The maximum absolute atomic E-state index is 2.28. The van der Waals surface area contributed by atoms with E-state index in [4.69, 9.17) is 0 Å². The zero-order chi connectivity index (χ0) is 6.81. The maximum atomic E-state index is 2.28. The van der Waals surface area contributed by atoms with E-state index >= 15 is 0 Å². The van der Waals surface area contributed by atoms with Crippen molar-refractivity contribution in [1.29, 1.82) is 0 Å². The second kappa shape index (κ2) is 2.72. The Labute approximate surface area is 66.1 Å². The van der Waals surface area contributed by atoms with Gasteiger partial charge in [0.1, 0.15) is 0 Å². The van der Waals surface area contributed by atoms with Crippen molar-refractivity contribution >= 4 is 23.3 Å². The number of aryl methyl sites for hydroxylation is 1. The summed E-state index contributed by atoms with van der Waals surface area (Å²) in [5, 5.41) is 1.62. The predicted molar refractivity (Wildman–Crippen MR) is 46.1 cm³/mol. The minimum Gasteiger partial charge on any atom is -0.0647 e. The third-order valence-corrected chi connectivity index (χ3v) is 5.28. The van der Waals surface area contributed by atoms with E-state index in [1.54, 1.807) is 10.8 Å². The summed E-state index contributed by atoms with van der Waals surface area (Å²) < 4.78 is 0. The predicted octanol–water partition coefficient (Wildman–Crippen LogP) is 0.610. The van der Waals surface area contributed by atoms with Gasteiger partial charge in [0.15, 0.2) is 0 Å². The molecule has 0 saturated carbocycles. The molecule has 1 aliphatic heterocycles. The van der Waals surface area contributed by atoms with Gasteiger partial charge < -0.3 is 0 Å². The van der Waals surface area contributed by atoms with Crippen molar-refractivity contribution in [3.05, 3.63) is 29.8 Å². The summed E-state index contributed by atoms with van der Waals surface area (Å²) in [5.74, 6) is 0. The standard InChI is InChI=1S/C8H8Si2/c1-2-4-8-7(3-1)5-6-9-10-8/h1-4H,5-6H2. The Kier molecular flexibility index (Phi) is 1.73. The largest absolute Gasteiger partial charge is 0.0649 e. The molecule has 0 spiro atoms. The Bertz CT molecular complexity index is 207. The molecule has 2 rings (SSSR count). The minimum absolute atomic E-state index is 1.10. The Morgan fingerprint density at radius 3 is 3.00 bits per heavy atom. The van der Waals surface area contributed by atoms with Crippen LogP contribution in [0.2, 0.25) is 6.04 Å². The molecule has 0 fully saturated rings. The van der Waals surface area contributed by atoms with Crippen molar-refractivity contribution in [2.24, 2.45) is 0 Å². The fraction of sp³-hybridized carbons (Fsp3) is 0.250. The Morgan fingerprint density at radius 1 is 1.20 bits per heavy atom. The first-order valence-corrected chi connectivity index (χ1v) is 6.74. The van der Waals surface area contributed by atoms with Gasteiger partial charge in [0.25, 0.3) is 0 Å². The van der Waals surface area contributed by atoms with Crippen LogP contribution in [0, 0.1) is 0 Å². The third kappa shape index (κ3) is 1.09. The minimum atomic E-state index is 1.10. The van der Waals surface area contributed by atoms with E-state index in [0.29, 0.717) is 0 Å². The molecule has 0 amide bonds. The Hall–Kier alpha value is -0.346. The van der Waals surface area contributed by atoms with Gasteiger partial charge in [-0.05, 0) is 12.0 Å². The average Bonchev–Trinajstić information content (AvgIpc) is 2.05. The summed E-state index contributed by atoms with van der Waals surface area (Å²) in [5.41, 5.74) is 1.60. The van der Waals surface area contributed by atoms with Crippen molar-refractivity contribution in [1.82, 2.24) is 0 Å². The molecule has 0 aliphatic carbocycles. The second-order valence-electron chi connectivity index (χ2n) is 2.46. The van der Waals surface area contributed by atoms with Crippen molar-refractivity contribution in [3.63, 3.8) is 0 Å². The molecule has 1 aromatic carbocycles. The van der Waals surface area contributed by atoms with Crippen LogP contribution in [-0.2, 0) is 6.42 Å². The summed E-state index contributed by atoms with van der Waals surface area (Å²) in [6.45, 7) is 0. The zero-order valence-electron chi connectivity index (χ0n) is 5.72. The van der Waals surface area contributed by atoms with Gasteiger partial charge in [-0.1, -0.05) is 35.5 Å². The number of rotatable bonds is 0. The lowest BCUT2D eigenvalue weighted by Gasteiger charge is -2.12. The smallest absolute Gasteiger partial charge is 0.0647 e. The first-order chi connectivity index (χ1) is 4.97. The number of hydrogen-bond donors (Lipinski definition) is 0. The Morgan fingerprint density at radius 2 is 2.10 bits per heavy atom. The highest BCUT2D eigenvalue weighted by Crippen LogP contribution is 2.03. The topological polar surface area (TPSA) is 0 Å². The molecular weight excluding hydrogens is 152 g/mol. The quantitative estimate of drug-likeness (QED) is 0.488. The van der Waals surface area contributed by atoms with Crippen LogP contribution in [0.1, 0.15) is 5.56 Å². The molecule has 0 N–H and O–H groups in total. The SMILES string of the molecule is c1ccc2c(c1)CC[Si][Si]2. The van der Waals surface area contributed by atoms with Crippen molar-refractivity contribution in [2.75, 3.05) is 0 Å². The van der Waals surface area contributed by atoms with Gasteiger partial charge in [0, 0.05) is 9.04 Å². The number of benzene rings is 1. The van der Waals surface area contributed by atoms with E-state index in [1.807, 2.05) is 0 Å². The summed E-state index contributed by atoms with van der Waals surface area (Å²) in [4.78, 5) is 0. The van der Waals surface area contributed by atoms with Crippen LogP contribution in [0.25, 0.3) is 0 Å². The first kappa shape index (κ1) is 6.37. The molecule has 1 aliphatic rings. The molecule has 1 aromatic rings. The number of hydrogen-bond acceptors (Lipinski definition) is 0. The van der Waals surface area contributed by atoms with Crippen LogP contribution in [0.5, 0.6) is 0 Å². The van der Waals surface area contributed by atoms with Crippen molar-refractivity contribution in [3.8, 4) is 0 Å². The summed E-state index contributed by atoms with van der Waals surface area (Å²) in [7, 11) is 2.30. The summed E-state index contributed by atoms with van der Waals surface area (Å²) in [6, 6.07) is 10.3. The Balaban J connectivity index is 2.41. The van der Waals surface area contributed by atoms with Gasteiger partial charge in [-0.3, -0.25) is 0 Å². The van der Waals surface area contributed by atoms with Gasteiger partial charge in [-0.25, -0.2) is 0 Å². The molecular formula is C8H8Si2. The normalized spacial score (nSPS) is 16.4. The van der Waals surface area contributed by atoms with Crippen LogP contribution in [-0.4, -0.2) is 18.1 Å². The van der Waals surface area contributed by atoms with Crippen LogP contribution < -0.4 is 5.19 Å². The van der Waals surface area contributed by atoms with Gasteiger partial charge >= 0.3 is 0 Å². The molecule has 0 saturated heterocycles. The highest BCUT2D eigenvalue weighted by atomic mass is 29.1. The highest BCUT2D eigenvalue weighted by molar-refractivity contribution is 7.07. The van der Waals surface area contributed by atoms with Crippen LogP contribution in [0.3, 0.4) is 0 Å². The van der Waals surface area contributed by atoms with Crippen molar-refractivity contribution in [2.45, 2.75) is 12.5 Å². The molecule has 4 radical (unpaired) electrons. The zero-order valence-corrected chi connectivity index (χ0v) is 7.72. The van der Waals surface area contributed by atoms with Gasteiger partial charge in [0.05, 0.1) is 9.04 Å². The average molecular weight is 160 g/mol. The molecule has 0 aromatic heterocycles. The molecule has 0 unspecified atom stereocenters. The van der Waals surface area contributed by atoms with E-state index in [1.165, 1.54) is 21.5 Å². The van der Waals surface area contributed by atoms with E-state index in [2.05, 4.69) is 24.3 Å². The van der Waals surface area contributed by atoms with Crippen LogP contribution >= 0.6 is 0 Å². The third-order valence-electron chi connectivity index (χ3n) is 1.76. The molecule has 10 heavy (non-hydrogen) atoms. The molecule has 2 heteroatoms. The molecule has 48 valence electrons. The lowest BCUT2D eigenvalue weighted by Crippen LogP contribution is -2.29. The fourth-order valence-corrected chi connectivity index (χ4v) is 4.53. The fourth-order valence-electron chi connectivity index (χ4n) is 1.22. The van der Waals surface area contributed by atoms with Crippen molar-refractivity contribution < 1.29 is 0 Å². The van der Waals surface area contributed by atoms with Gasteiger partial charge in [-0.15, -0.1) is 0 Å². The van der Waals surface area contributed by atoms with E-state index < -0.39 is 0 Å². The molecule has 0 nitrogen and oxygen atoms in total. The molecule has 1 heterocycles. The summed E-state index contributed by atoms with van der Waals surface area (Å²) in [6.07, 6.45) is 1.32. The molecule has 0 bridgehead atoms. The lowest BCUT2D eigenvalue weighted by atomic mass is 10.2. The summed E-state index contributed by atoms with van der Waals surface area (Å²) >= 11 is 0. The van der Waals surface area contributed by atoms with E-state index in [9.17, 15) is 0 Å². The lowest BCUT2D eigenvalue weighted by molar-refractivity contribution is 1.14. The van der Waals surface area contributed by atoms with E-state index in [0.717, 1.165) is 9.04 Å². The van der Waals surface area contributed by atoms with Crippen LogP contribution in [0.15, 0.2) is 24.3 Å². The molecule has 0 atom stereocenters. The van der Waals surface area contributed by atoms with E-state index in [-0.39, 0.29) is 0 Å². The maximum Gasteiger partial charge on any atom is 0.0649 e. The monoisotopic (exact) mass is 160 g/mol. The van der Waals surface area contributed by atoms with Gasteiger partial charge in [-0.2, -0.15) is 0 Å². The van der Waals surface area contributed by atoms with Crippen LogP contribution in [0.4, 0.5) is 0 Å². The number of fused-ring (bicyclic) bond motifs is 1. The second-order valence-corrected chi connectivity index (χ2v) is 5.91. The first-order valence-electron chi connectivity index (χ1n) is 3.53. The van der Waals surface area contributed by atoms with Gasteiger partial charge in [0.2, 0.25) is 0 Å².